The molecule has 0 aromatic rings. The fraction of sp³-hybridized carbons (Fsp3) is 0.182. The maximum absolute atomic E-state index is 10.8. The molecule has 0 aromatic carbocycles. The number of nitrogens with two attached hydrogens (primary N) is 1. The Morgan fingerprint density at radius 2 is 2.31 bits per heavy atom. The van der Waals surface area contributed by atoms with Gasteiger partial charge in [-0.15, -0.1) is 11.5 Å². The largest absolute Gasteiger partial charge is 0.365 e. The number of hydrogen-bond acceptors (Lipinski definition) is 1. The Hall–Kier alpha value is -1.75. The van der Waals surface area contributed by atoms with Crippen LogP contribution in [0.15, 0.2) is 46.9 Å². The van der Waals surface area contributed by atoms with E-state index in [0.29, 0.717) is 5.57 Å². The van der Waals surface area contributed by atoms with Gasteiger partial charge in [-0.3, -0.25) is 4.79 Å². The summed E-state index contributed by atoms with van der Waals surface area (Å²) in [4.78, 5) is 10.8. The highest BCUT2D eigenvalue weighted by Crippen LogP contribution is 2.01. The van der Waals surface area contributed by atoms with Crippen molar-refractivity contribution in [2.75, 3.05) is 0 Å². The lowest BCUT2D eigenvalue weighted by atomic mass is 10.2. The van der Waals surface area contributed by atoms with Crippen molar-refractivity contribution < 1.29 is 4.79 Å². The van der Waals surface area contributed by atoms with Gasteiger partial charge in [-0.2, -0.15) is 0 Å². The van der Waals surface area contributed by atoms with E-state index in [-0.39, 0.29) is 0 Å². The number of primary amides is 1. The number of hydrogen-bond donors (Lipinski definition) is 1. The van der Waals surface area contributed by atoms with Gasteiger partial charge in [-0.1, -0.05) is 6.08 Å². The van der Waals surface area contributed by atoms with Crippen molar-refractivity contribution in [3.05, 3.63) is 46.9 Å². The molecule has 0 atom stereocenters. The number of carbonyl (C=O) groups is 1. The van der Waals surface area contributed by atoms with E-state index in [1.54, 1.807) is 12.2 Å². The molecular formula is C11H11NO. The summed E-state index contributed by atoms with van der Waals surface area (Å²) in [6.45, 7) is 1.98. The maximum atomic E-state index is 10.8. The number of rotatable bonds is 1. The summed E-state index contributed by atoms with van der Waals surface area (Å²) < 4.78 is 0. The smallest absolute Gasteiger partial charge is 0.257 e. The van der Waals surface area contributed by atoms with E-state index in [0.717, 1.165) is 12.0 Å². The van der Waals surface area contributed by atoms with Crippen molar-refractivity contribution in [2.24, 2.45) is 5.73 Å². The number of carbonyl (C=O) groups excluding carboxylic acids is 1. The molecule has 1 aliphatic rings. The second kappa shape index (κ2) is 4.32. The summed E-state index contributed by atoms with van der Waals surface area (Å²) in [5, 5.41) is 0. The lowest BCUT2D eigenvalue weighted by Crippen LogP contribution is -2.11. The molecule has 2 nitrogen and oxygen atoms in total. The molecule has 2 heteroatoms. The van der Waals surface area contributed by atoms with Crippen molar-refractivity contribution in [1.82, 2.24) is 0 Å². The maximum Gasteiger partial charge on any atom is 0.257 e. The average Bonchev–Trinajstić information content (AvgIpc) is 2.16. The highest BCUT2D eigenvalue weighted by molar-refractivity contribution is 5.94. The second-order valence-electron chi connectivity index (χ2n) is 2.77. The van der Waals surface area contributed by atoms with Crippen molar-refractivity contribution in [1.29, 1.82) is 0 Å². The summed E-state index contributed by atoms with van der Waals surface area (Å²) in [7, 11) is 0. The zero-order chi connectivity index (χ0) is 9.68. The molecule has 2 N–H and O–H groups in total. The molecule has 1 rings (SSSR count). The van der Waals surface area contributed by atoms with Crippen LogP contribution in [0.4, 0.5) is 0 Å². The first-order chi connectivity index (χ1) is 6.20. The van der Waals surface area contributed by atoms with Gasteiger partial charge in [0.15, 0.2) is 0 Å². The summed E-state index contributed by atoms with van der Waals surface area (Å²) in [5.41, 5.74) is 12.3. The van der Waals surface area contributed by atoms with Crippen LogP contribution in [0, 0.1) is 0 Å². The molecule has 1 amide bonds. The summed E-state index contributed by atoms with van der Waals surface area (Å²) >= 11 is 0. The lowest BCUT2D eigenvalue weighted by Gasteiger charge is -1.85. The predicted octanol–water partition coefficient (Wildman–Crippen LogP) is 1.61. The fourth-order valence-corrected chi connectivity index (χ4v) is 0.913. The zero-order valence-electron chi connectivity index (χ0n) is 7.50. The second-order valence-corrected chi connectivity index (χ2v) is 2.77. The molecule has 0 aromatic heterocycles. The van der Waals surface area contributed by atoms with Crippen LogP contribution < -0.4 is 5.73 Å². The third-order valence-electron chi connectivity index (χ3n) is 1.62. The van der Waals surface area contributed by atoms with Gasteiger partial charge in [0.05, 0.1) is 5.57 Å². The quantitative estimate of drug-likeness (QED) is 0.601. The van der Waals surface area contributed by atoms with Crippen molar-refractivity contribution >= 4 is 5.91 Å². The van der Waals surface area contributed by atoms with Crippen LogP contribution in [0.25, 0.3) is 0 Å². The van der Waals surface area contributed by atoms with E-state index in [1.807, 2.05) is 19.1 Å². The Kier molecular flexibility index (Phi) is 3.10. The Morgan fingerprint density at radius 1 is 1.54 bits per heavy atom. The Morgan fingerprint density at radius 3 is 3.00 bits per heavy atom. The molecule has 66 valence electrons. The van der Waals surface area contributed by atoms with Crippen LogP contribution in [0.3, 0.4) is 0 Å². The number of amides is 1. The molecule has 0 unspecified atom stereocenters. The highest BCUT2D eigenvalue weighted by atomic mass is 16.1. The third-order valence-corrected chi connectivity index (χ3v) is 1.62. The zero-order valence-corrected chi connectivity index (χ0v) is 7.50. The van der Waals surface area contributed by atoms with E-state index in [2.05, 4.69) is 11.5 Å². The minimum Gasteiger partial charge on any atom is -0.365 e. The molecule has 0 saturated carbocycles. The Balaban J connectivity index is 3.09. The van der Waals surface area contributed by atoms with Gasteiger partial charge in [0.2, 0.25) is 0 Å². The van der Waals surface area contributed by atoms with Crippen LogP contribution in [-0.4, -0.2) is 5.91 Å². The van der Waals surface area contributed by atoms with Gasteiger partial charge in [0, 0.05) is 6.08 Å². The first-order valence-corrected chi connectivity index (χ1v) is 4.04. The molecule has 0 radical (unpaired) electrons. The van der Waals surface area contributed by atoms with E-state index in [9.17, 15) is 4.79 Å². The monoisotopic (exact) mass is 173 g/mol. The van der Waals surface area contributed by atoms with Crippen molar-refractivity contribution in [3.8, 4) is 0 Å². The molecule has 13 heavy (non-hydrogen) atoms. The van der Waals surface area contributed by atoms with Crippen LogP contribution in [0.5, 0.6) is 0 Å². The first kappa shape index (κ1) is 9.34. The molecule has 0 saturated heterocycles. The highest BCUT2D eigenvalue weighted by Gasteiger charge is 1.97. The lowest BCUT2D eigenvalue weighted by molar-refractivity contribution is -0.114. The molecule has 1 aliphatic carbocycles. The first-order valence-electron chi connectivity index (χ1n) is 4.04. The summed E-state index contributed by atoms with van der Waals surface area (Å²) in [5.74, 6) is -0.475. The molecule has 0 spiro atoms. The van der Waals surface area contributed by atoms with E-state index in [1.165, 1.54) is 0 Å². The van der Waals surface area contributed by atoms with E-state index >= 15 is 0 Å². The minimum atomic E-state index is -0.475. The van der Waals surface area contributed by atoms with Gasteiger partial charge in [0.25, 0.3) is 5.91 Å². The number of allylic oxidation sites excluding steroid dienone is 2. The van der Waals surface area contributed by atoms with Crippen LogP contribution in [0.1, 0.15) is 13.3 Å². The minimum absolute atomic E-state index is 0.361. The van der Waals surface area contributed by atoms with Crippen LogP contribution in [-0.2, 0) is 4.79 Å². The van der Waals surface area contributed by atoms with E-state index < -0.39 is 5.91 Å². The fourth-order valence-electron chi connectivity index (χ4n) is 0.913. The molecule has 0 heterocycles. The van der Waals surface area contributed by atoms with Gasteiger partial charge < -0.3 is 5.73 Å². The van der Waals surface area contributed by atoms with Gasteiger partial charge in [0.1, 0.15) is 0 Å². The van der Waals surface area contributed by atoms with Gasteiger partial charge in [-0.05, 0) is 31.1 Å². The van der Waals surface area contributed by atoms with Crippen molar-refractivity contribution in [2.45, 2.75) is 13.3 Å². The molecule has 0 fully saturated rings. The Bertz CT molecular complexity index is 373. The van der Waals surface area contributed by atoms with Crippen LogP contribution >= 0.6 is 0 Å². The summed E-state index contributed by atoms with van der Waals surface area (Å²) in [6.07, 6.45) is 7.92. The predicted molar refractivity (Wildman–Crippen MR) is 51.8 cm³/mol. The topological polar surface area (TPSA) is 43.1 Å². The van der Waals surface area contributed by atoms with Crippen LogP contribution in [0.2, 0.25) is 0 Å². The molecule has 0 aliphatic heterocycles. The van der Waals surface area contributed by atoms with Crippen molar-refractivity contribution in [3.63, 3.8) is 0 Å². The third kappa shape index (κ3) is 3.00. The average molecular weight is 173 g/mol. The summed E-state index contributed by atoms with van der Waals surface area (Å²) in [6, 6.07) is 0. The van der Waals surface area contributed by atoms with Gasteiger partial charge in [-0.25, -0.2) is 0 Å². The van der Waals surface area contributed by atoms with E-state index in [4.69, 9.17) is 5.73 Å². The van der Waals surface area contributed by atoms with Gasteiger partial charge >= 0.3 is 0 Å². The molecule has 0 bridgehead atoms. The normalized spacial score (nSPS) is 15.5. The SMILES string of the molecule is CC1=CCC=C=C(C(N)=O)C=C=C1. The standard InChI is InChI=1S/C11H11NO/c1-9-5-2-3-7-10(11(12)13)8-4-6-9/h3,5-6,8H,2H2,1H3,(H2,12,13). The molecular weight excluding hydrogens is 162 g/mol. The Labute approximate surface area is 77.4 Å².